The third-order valence-electron chi connectivity index (χ3n) is 3.55. The molecule has 3 rings (SSSR count). The lowest BCUT2D eigenvalue weighted by Gasteiger charge is -2.09. The van der Waals surface area contributed by atoms with Crippen molar-refractivity contribution in [1.29, 1.82) is 0 Å². The fourth-order valence-corrected chi connectivity index (χ4v) is 2.66. The Morgan fingerprint density at radius 3 is 2.68 bits per heavy atom. The molecule has 5 heteroatoms. The highest BCUT2D eigenvalue weighted by Gasteiger charge is 2.15. The van der Waals surface area contributed by atoms with E-state index in [0.717, 1.165) is 16.9 Å². The van der Waals surface area contributed by atoms with Crippen LogP contribution in [0.5, 0.6) is 5.75 Å². The average molecular weight is 257 g/mol. The predicted molar refractivity (Wildman–Crippen MR) is 74.8 cm³/mol. The van der Waals surface area contributed by atoms with Gasteiger partial charge < -0.3 is 9.30 Å². The summed E-state index contributed by atoms with van der Waals surface area (Å²) in [6, 6.07) is 5.54. The maximum absolute atomic E-state index is 12.6. The molecule has 3 aromatic rings. The van der Waals surface area contributed by atoms with Gasteiger partial charge in [0.25, 0.3) is 0 Å². The average Bonchev–Trinajstić information content (AvgIpc) is 2.70. The van der Waals surface area contributed by atoms with Crippen LogP contribution in [0, 0.1) is 6.92 Å². The van der Waals surface area contributed by atoms with Gasteiger partial charge in [-0.3, -0.25) is 9.48 Å². The first-order valence-electron chi connectivity index (χ1n) is 6.04. The molecule has 0 saturated heterocycles. The molecule has 0 radical (unpaired) electrons. The number of rotatable bonds is 1. The van der Waals surface area contributed by atoms with Crippen LogP contribution >= 0.6 is 0 Å². The van der Waals surface area contributed by atoms with E-state index < -0.39 is 0 Å². The Morgan fingerprint density at radius 1 is 1.26 bits per heavy atom. The van der Waals surface area contributed by atoms with Crippen LogP contribution < -0.4 is 10.2 Å². The predicted octanol–water partition coefficient (Wildman–Crippen LogP) is 1.74. The number of ether oxygens (including phenoxy) is 1. The molecule has 0 saturated carbocycles. The molecule has 5 nitrogen and oxygen atoms in total. The van der Waals surface area contributed by atoms with Gasteiger partial charge in [0.05, 0.1) is 29.1 Å². The summed E-state index contributed by atoms with van der Waals surface area (Å²) < 4.78 is 8.93. The Kier molecular flexibility index (Phi) is 2.38. The second-order valence-electron chi connectivity index (χ2n) is 4.68. The first-order valence-corrected chi connectivity index (χ1v) is 6.04. The quantitative estimate of drug-likeness (QED) is 0.667. The van der Waals surface area contributed by atoms with Crippen molar-refractivity contribution in [2.75, 3.05) is 7.11 Å². The van der Waals surface area contributed by atoms with Gasteiger partial charge in [0, 0.05) is 14.1 Å². The molecule has 0 N–H and O–H groups in total. The molecule has 0 fully saturated rings. The van der Waals surface area contributed by atoms with E-state index in [1.807, 2.05) is 37.7 Å². The van der Waals surface area contributed by atoms with Crippen molar-refractivity contribution >= 4 is 21.9 Å². The number of pyridine rings is 1. The maximum Gasteiger partial charge on any atom is 0.200 e. The minimum absolute atomic E-state index is 0.00704. The summed E-state index contributed by atoms with van der Waals surface area (Å²) in [5.74, 6) is 0.686. The summed E-state index contributed by atoms with van der Waals surface area (Å²) in [5, 5.41) is 5.67. The lowest BCUT2D eigenvalue weighted by atomic mass is 10.1. The lowest BCUT2D eigenvalue weighted by molar-refractivity contribution is 0.415. The SMILES string of the molecule is COc1ccc2c(c1)c(=O)c1c(C)nn(C)c1n2C. The number of hydrogen-bond donors (Lipinski definition) is 0. The number of methoxy groups -OCH3 is 1. The van der Waals surface area contributed by atoms with E-state index in [4.69, 9.17) is 4.74 Å². The third kappa shape index (κ3) is 1.47. The minimum Gasteiger partial charge on any atom is -0.497 e. The van der Waals surface area contributed by atoms with Crippen molar-refractivity contribution < 1.29 is 4.74 Å². The Bertz CT molecular complexity index is 859. The molecule has 0 atom stereocenters. The second-order valence-corrected chi connectivity index (χ2v) is 4.68. The molecular weight excluding hydrogens is 242 g/mol. The molecule has 2 heterocycles. The van der Waals surface area contributed by atoms with E-state index in [0.29, 0.717) is 16.5 Å². The van der Waals surface area contributed by atoms with Crippen molar-refractivity contribution in [2.24, 2.45) is 14.1 Å². The zero-order valence-electron chi connectivity index (χ0n) is 11.4. The fraction of sp³-hybridized carbons (Fsp3) is 0.286. The van der Waals surface area contributed by atoms with Crippen molar-refractivity contribution in [3.63, 3.8) is 0 Å². The van der Waals surface area contributed by atoms with E-state index >= 15 is 0 Å². The van der Waals surface area contributed by atoms with Gasteiger partial charge in [0.15, 0.2) is 0 Å². The van der Waals surface area contributed by atoms with Crippen molar-refractivity contribution in [3.8, 4) is 5.75 Å². The van der Waals surface area contributed by atoms with Gasteiger partial charge in [0.1, 0.15) is 11.4 Å². The third-order valence-corrected chi connectivity index (χ3v) is 3.55. The van der Waals surface area contributed by atoms with E-state index in [1.165, 1.54) is 0 Å². The van der Waals surface area contributed by atoms with Crippen LogP contribution in [-0.2, 0) is 14.1 Å². The number of hydrogen-bond acceptors (Lipinski definition) is 3. The highest BCUT2D eigenvalue weighted by Crippen LogP contribution is 2.23. The number of benzene rings is 1. The van der Waals surface area contributed by atoms with Crippen molar-refractivity contribution in [1.82, 2.24) is 14.3 Å². The molecule has 0 bridgehead atoms. The molecule has 0 aliphatic rings. The summed E-state index contributed by atoms with van der Waals surface area (Å²) in [4.78, 5) is 12.6. The topological polar surface area (TPSA) is 49.0 Å². The zero-order chi connectivity index (χ0) is 13.7. The minimum atomic E-state index is 0.00704. The van der Waals surface area contributed by atoms with Crippen molar-refractivity contribution in [2.45, 2.75) is 6.92 Å². The standard InChI is InChI=1S/C14H15N3O2/c1-8-12-13(18)10-7-9(19-4)5-6-11(10)16(2)14(12)17(3)15-8/h5-7H,1-4H3. The fourth-order valence-electron chi connectivity index (χ4n) is 2.66. The Morgan fingerprint density at radius 2 is 2.00 bits per heavy atom. The molecule has 0 amide bonds. The van der Waals surface area contributed by atoms with Gasteiger partial charge >= 0.3 is 0 Å². The van der Waals surface area contributed by atoms with Gasteiger partial charge in [-0.25, -0.2) is 0 Å². The smallest absolute Gasteiger partial charge is 0.200 e. The van der Waals surface area contributed by atoms with Gasteiger partial charge in [-0.15, -0.1) is 0 Å². The molecule has 19 heavy (non-hydrogen) atoms. The molecule has 2 aromatic heterocycles. The van der Waals surface area contributed by atoms with Crippen LogP contribution in [0.4, 0.5) is 0 Å². The molecule has 0 spiro atoms. The monoisotopic (exact) mass is 257 g/mol. The summed E-state index contributed by atoms with van der Waals surface area (Å²) in [6.45, 7) is 1.86. The van der Waals surface area contributed by atoms with Gasteiger partial charge in [-0.05, 0) is 25.1 Å². The highest BCUT2D eigenvalue weighted by molar-refractivity contribution is 5.93. The normalized spacial score (nSPS) is 11.4. The zero-order valence-corrected chi connectivity index (χ0v) is 11.4. The van der Waals surface area contributed by atoms with Crippen molar-refractivity contribution in [3.05, 3.63) is 34.1 Å². The lowest BCUT2D eigenvalue weighted by Crippen LogP contribution is -2.10. The molecular formula is C14H15N3O2. The van der Waals surface area contributed by atoms with E-state index in [9.17, 15) is 4.79 Å². The van der Waals surface area contributed by atoms with Crippen LogP contribution in [0.25, 0.3) is 21.9 Å². The number of nitrogens with zero attached hydrogens (tertiary/aromatic N) is 3. The molecule has 0 unspecified atom stereocenters. The van der Waals surface area contributed by atoms with Crippen LogP contribution in [0.2, 0.25) is 0 Å². The van der Waals surface area contributed by atoms with Crippen LogP contribution in [0.15, 0.2) is 23.0 Å². The highest BCUT2D eigenvalue weighted by atomic mass is 16.5. The summed E-state index contributed by atoms with van der Waals surface area (Å²) in [7, 11) is 5.39. The van der Waals surface area contributed by atoms with Gasteiger partial charge in [0.2, 0.25) is 5.43 Å². The number of fused-ring (bicyclic) bond motifs is 2. The van der Waals surface area contributed by atoms with E-state index in [-0.39, 0.29) is 5.43 Å². The van der Waals surface area contributed by atoms with Gasteiger partial charge in [-0.1, -0.05) is 0 Å². The largest absolute Gasteiger partial charge is 0.497 e. The van der Waals surface area contributed by atoms with Crippen LogP contribution in [0.1, 0.15) is 5.69 Å². The second kappa shape index (κ2) is 3.85. The number of aryl methyl sites for hydroxylation is 3. The Labute approximate surface area is 110 Å². The van der Waals surface area contributed by atoms with E-state index in [1.54, 1.807) is 17.9 Å². The van der Waals surface area contributed by atoms with Gasteiger partial charge in [-0.2, -0.15) is 5.10 Å². The molecule has 0 aliphatic heterocycles. The summed E-state index contributed by atoms with van der Waals surface area (Å²) in [5.41, 5.74) is 2.47. The first-order chi connectivity index (χ1) is 9.04. The molecule has 98 valence electrons. The first kappa shape index (κ1) is 11.8. The summed E-state index contributed by atoms with van der Waals surface area (Å²) >= 11 is 0. The molecule has 0 aliphatic carbocycles. The number of aromatic nitrogens is 3. The Balaban J connectivity index is 2.63. The summed E-state index contributed by atoms with van der Waals surface area (Å²) in [6.07, 6.45) is 0. The van der Waals surface area contributed by atoms with E-state index in [2.05, 4.69) is 5.10 Å². The maximum atomic E-state index is 12.6. The van der Waals surface area contributed by atoms with Crippen LogP contribution in [0.3, 0.4) is 0 Å². The van der Waals surface area contributed by atoms with Crippen LogP contribution in [-0.4, -0.2) is 21.5 Å². The molecule has 1 aromatic carbocycles. The Hall–Kier alpha value is -2.30.